The molecule has 0 aliphatic heterocycles. The maximum atomic E-state index is 2.38. The molecule has 4 heterocycles. The summed E-state index contributed by atoms with van der Waals surface area (Å²) < 4.78 is 9.29. The molecule has 0 saturated heterocycles. The van der Waals surface area contributed by atoms with E-state index in [0.29, 0.717) is 0 Å². The number of hydrogen-bond acceptors (Lipinski definition) is 0. The van der Waals surface area contributed by atoms with Crippen LogP contribution in [0.1, 0.15) is 106 Å². The van der Waals surface area contributed by atoms with Crippen LogP contribution in [0.25, 0.3) is 174 Å². The molecule has 4 heteroatoms. The zero-order chi connectivity index (χ0) is 91.6. The van der Waals surface area contributed by atoms with Crippen LogP contribution in [0.5, 0.6) is 0 Å². The van der Waals surface area contributed by atoms with Gasteiger partial charge in [0.2, 0.25) is 0 Å². The predicted molar refractivity (Wildman–Crippen MR) is 574 cm³/mol. The van der Waals surface area contributed by atoms with E-state index in [2.05, 4.69) is 498 Å². The summed E-state index contributed by atoms with van der Waals surface area (Å²) in [5, 5.41) is 29.9. The van der Waals surface area contributed by atoms with Crippen molar-refractivity contribution in [3.8, 4) is 11.4 Å². The minimum atomic E-state index is 1.22. The first-order valence-electron chi connectivity index (χ1n) is 46.3. The predicted octanol–water partition coefficient (Wildman–Crippen LogP) is 35.2. The minimum absolute atomic E-state index is 1.22. The van der Waals surface area contributed by atoms with Crippen LogP contribution in [0.3, 0.4) is 0 Å². The van der Waals surface area contributed by atoms with Crippen LogP contribution in [-0.4, -0.2) is 18.3 Å². The molecule has 0 spiro atoms. The smallest absolute Gasteiger partial charge is 0.0543 e. The Bertz CT molecular complexity index is 8310. The van der Waals surface area contributed by atoms with Crippen molar-refractivity contribution < 1.29 is 0 Å². The highest BCUT2D eigenvalue weighted by atomic mass is 15.0. The van der Waals surface area contributed by atoms with Crippen molar-refractivity contribution >= 4 is 163 Å². The molecule has 0 fully saturated rings. The second-order valence-corrected chi connectivity index (χ2v) is 37.5. The van der Waals surface area contributed by atoms with Gasteiger partial charge in [0, 0.05) is 90.6 Å². The Kier molecular flexibility index (Phi) is 23.8. The number of fused-ring (bicyclic) bond motifs is 22. The molecule has 0 aliphatic carbocycles. The lowest BCUT2D eigenvalue weighted by atomic mass is 9.92. The van der Waals surface area contributed by atoms with Crippen molar-refractivity contribution in [2.75, 3.05) is 0 Å². The average molecular weight is 1700 g/mol. The van der Waals surface area contributed by atoms with Crippen LogP contribution in [-0.2, 0) is 14.1 Å². The SMILES string of the molecule is Cc1ccc(-n2c3cc(C)ccc3c3ccc(C)cc32)cc1.Cc1ccc(-n2c3ccc(C)cc3c3cc(C)ccc32)cc1.Cc1ccc2c(C)c3ccccc3c(C)c2c1.Cc1ccc2c(c1)c1cc(C)ccc1n2C.Cc1ccc2c3ccc(C)cc3c3cc(C)ccc3c2c1.Cc1ccc2c3ccc(C)cc3n(C)c2c1.Cc1cccc2c(C)c3cccc(C)c3cc12. The molecule has 24 aromatic rings. The molecule has 0 N–H and O–H groups in total. The third kappa shape index (κ3) is 16.9. The molecule has 0 aliphatic rings. The van der Waals surface area contributed by atoms with E-state index < -0.39 is 0 Å². The van der Waals surface area contributed by atoms with Gasteiger partial charge in [-0.05, 0) is 360 Å². The normalized spacial score (nSPS) is 11.4. The molecule has 0 bridgehead atoms. The monoisotopic (exact) mass is 1700 g/mol. The number of aromatic nitrogens is 4. The van der Waals surface area contributed by atoms with Crippen molar-refractivity contribution in [2.45, 2.75) is 132 Å². The van der Waals surface area contributed by atoms with Gasteiger partial charge in [0.25, 0.3) is 0 Å². The van der Waals surface area contributed by atoms with E-state index in [-0.39, 0.29) is 0 Å². The highest BCUT2D eigenvalue weighted by Gasteiger charge is 2.18. The first-order valence-corrected chi connectivity index (χ1v) is 46.3. The fourth-order valence-corrected chi connectivity index (χ4v) is 20.1. The summed E-state index contributed by atoms with van der Waals surface area (Å²) in [6, 6.07) is 122. The summed E-state index contributed by atoms with van der Waals surface area (Å²) >= 11 is 0. The molecule has 0 radical (unpaired) electrons. The lowest BCUT2D eigenvalue weighted by molar-refractivity contribution is 1.01. The van der Waals surface area contributed by atoms with Crippen LogP contribution in [0.15, 0.2) is 334 Å². The van der Waals surface area contributed by atoms with E-state index >= 15 is 0 Å². The van der Waals surface area contributed by atoms with Crippen LogP contribution >= 0.6 is 0 Å². The summed E-state index contributed by atoms with van der Waals surface area (Å²) in [6.07, 6.45) is 0. The lowest BCUT2D eigenvalue weighted by Crippen LogP contribution is -1.94. The van der Waals surface area contributed by atoms with Gasteiger partial charge in [-0.2, -0.15) is 0 Å². The number of aryl methyl sites for hydroxylation is 21. The maximum absolute atomic E-state index is 2.38. The summed E-state index contributed by atoms with van der Waals surface area (Å²) in [7, 11) is 4.28. The Morgan fingerprint density at radius 1 is 0.130 bits per heavy atom. The third-order valence-corrected chi connectivity index (χ3v) is 27.2. The summed E-state index contributed by atoms with van der Waals surface area (Å²) in [5.41, 5.74) is 38.0. The van der Waals surface area contributed by atoms with E-state index in [1.807, 2.05) is 0 Å². The van der Waals surface area contributed by atoms with Gasteiger partial charge in [-0.1, -0.05) is 286 Å². The van der Waals surface area contributed by atoms with Gasteiger partial charge in [0.05, 0.1) is 22.1 Å². The molecule has 24 rings (SSSR count). The highest BCUT2D eigenvalue weighted by molar-refractivity contribution is 6.26. The van der Waals surface area contributed by atoms with E-state index in [1.165, 1.54) is 280 Å². The average Bonchev–Trinajstić information content (AvgIpc) is 1.55. The topological polar surface area (TPSA) is 19.7 Å². The van der Waals surface area contributed by atoms with Gasteiger partial charge in [-0.15, -0.1) is 0 Å². The van der Waals surface area contributed by atoms with E-state index in [4.69, 9.17) is 0 Å². The van der Waals surface area contributed by atoms with Crippen molar-refractivity contribution in [2.24, 2.45) is 14.1 Å². The lowest BCUT2D eigenvalue weighted by Gasteiger charge is -2.12. The van der Waals surface area contributed by atoms with Crippen molar-refractivity contribution in [3.63, 3.8) is 0 Å². The molecular weight excluding hydrogens is 1580 g/mol. The Morgan fingerprint density at radius 2 is 0.351 bits per heavy atom. The molecular formula is C127H118N4. The third-order valence-electron chi connectivity index (χ3n) is 27.2. The van der Waals surface area contributed by atoms with E-state index in [9.17, 15) is 0 Å². The molecule has 646 valence electrons. The Hall–Kier alpha value is -14.6. The van der Waals surface area contributed by atoms with Crippen molar-refractivity contribution in [1.82, 2.24) is 18.3 Å². The molecule has 4 nitrogen and oxygen atoms in total. The second kappa shape index (κ2) is 35.8. The molecule has 0 amide bonds. The quantitative estimate of drug-likeness (QED) is 0.121. The van der Waals surface area contributed by atoms with Gasteiger partial charge in [0.1, 0.15) is 0 Å². The Labute approximate surface area is 771 Å². The maximum Gasteiger partial charge on any atom is 0.0543 e. The number of rotatable bonds is 2. The molecule has 4 aromatic heterocycles. The fourth-order valence-electron chi connectivity index (χ4n) is 20.1. The molecule has 0 unspecified atom stereocenters. The number of benzene rings is 20. The highest BCUT2D eigenvalue weighted by Crippen LogP contribution is 2.41. The van der Waals surface area contributed by atoms with Gasteiger partial charge in [-0.25, -0.2) is 0 Å². The molecule has 131 heavy (non-hydrogen) atoms. The Morgan fingerprint density at radius 3 is 0.718 bits per heavy atom. The number of nitrogens with zero attached hydrogens (tertiary/aromatic N) is 4. The van der Waals surface area contributed by atoms with E-state index in [1.54, 1.807) is 0 Å². The van der Waals surface area contributed by atoms with E-state index in [0.717, 1.165) is 0 Å². The van der Waals surface area contributed by atoms with Crippen molar-refractivity contribution in [3.05, 3.63) is 439 Å². The zero-order valence-electron chi connectivity index (χ0n) is 80.0. The minimum Gasteiger partial charge on any atom is -0.344 e. The summed E-state index contributed by atoms with van der Waals surface area (Å²) in [5.74, 6) is 0. The summed E-state index contributed by atoms with van der Waals surface area (Å²) in [4.78, 5) is 0. The molecule has 0 atom stereocenters. The van der Waals surface area contributed by atoms with Gasteiger partial charge >= 0.3 is 0 Å². The van der Waals surface area contributed by atoms with Crippen molar-refractivity contribution in [1.29, 1.82) is 0 Å². The summed E-state index contributed by atoms with van der Waals surface area (Å²) in [6.45, 7) is 41.2. The second-order valence-electron chi connectivity index (χ2n) is 37.5. The van der Waals surface area contributed by atoms with Gasteiger partial charge < -0.3 is 18.3 Å². The van der Waals surface area contributed by atoms with Crippen LogP contribution in [0, 0.1) is 132 Å². The largest absolute Gasteiger partial charge is 0.344 e. The standard InChI is InChI=1S/2C21H19N.C21H18.2C17H16.2C15H15N/c1-14-4-8-17(9-5-14)22-20-10-6-15(2)12-18(20)19-13-16(3)7-11-21(19)22;1-14-4-8-17(9-5-14)22-20-12-15(2)6-10-18(20)19-11-7-16(3)13-21(19)22;1-13-4-7-16-17-8-5-14(2)11-20(17)21-12-15(3)6-9-18(21)19(16)10-13;1-11-6-4-8-14-13(3)15-9-5-7-12(2)17(15)10-16(11)14;1-11-8-9-16-12(2)14-6-4-5-7-15(14)13(3)17(16)10-11;1-10-4-6-14-12(8-10)13-9-11(2)5-7-15(13)16(14)3;1-10-4-6-12-13-7-5-11(2)9-15(13)16(3)14(12)8-10/h2*4-13H,1-3H3;4-12H,1-3H3;2*4-10H,1-3H3;2*4-9H,1-3H3. The first kappa shape index (κ1) is 87.1. The van der Waals surface area contributed by atoms with Gasteiger partial charge in [0.15, 0.2) is 0 Å². The van der Waals surface area contributed by atoms with Gasteiger partial charge in [-0.3, -0.25) is 0 Å². The zero-order valence-corrected chi connectivity index (χ0v) is 80.0. The number of hydrogen-bond donors (Lipinski definition) is 0. The van der Waals surface area contributed by atoms with Crippen LogP contribution in [0.4, 0.5) is 0 Å². The Balaban J connectivity index is 0.000000103. The first-order chi connectivity index (χ1) is 63.1. The van der Waals surface area contributed by atoms with Crippen LogP contribution in [0.2, 0.25) is 0 Å². The van der Waals surface area contributed by atoms with Crippen LogP contribution < -0.4 is 0 Å². The molecule has 0 saturated carbocycles. The fraction of sp³-hybridized carbons (Fsp3) is 0.165. The molecule has 20 aromatic carbocycles.